The van der Waals surface area contributed by atoms with E-state index in [1.165, 1.54) is 0 Å². The predicted octanol–water partition coefficient (Wildman–Crippen LogP) is 4.82. The molecular formula is C25H32N2O2. The fourth-order valence-electron chi connectivity index (χ4n) is 4.01. The summed E-state index contributed by atoms with van der Waals surface area (Å²) in [7, 11) is 0. The topological polar surface area (TPSA) is 49.4 Å². The molecule has 4 nitrogen and oxygen atoms in total. The number of fused-ring (bicyclic) bond motifs is 1. The lowest BCUT2D eigenvalue weighted by atomic mass is 9.90. The number of nitrogens with one attached hydrogen (secondary N) is 1. The average molecular weight is 393 g/mol. The van der Waals surface area contributed by atoms with Crippen LogP contribution in [0.5, 0.6) is 0 Å². The molecule has 4 heteroatoms. The van der Waals surface area contributed by atoms with Gasteiger partial charge in [0.05, 0.1) is 0 Å². The Hall–Kier alpha value is -2.62. The van der Waals surface area contributed by atoms with Gasteiger partial charge in [-0.1, -0.05) is 44.2 Å². The lowest BCUT2D eigenvalue weighted by Gasteiger charge is -2.40. The Morgan fingerprint density at radius 2 is 1.86 bits per heavy atom. The molecule has 0 saturated carbocycles. The van der Waals surface area contributed by atoms with Crippen molar-refractivity contribution in [2.24, 2.45) is 5.92 Å². The molecule has 2 aromatic carbocycles. The van der Waals surface area contributed by atoms with Crippen molar-refractivity contribution in [3.05, 3.63) is 64.7 Å². The summed E-state index contributed by atoms with van der Waals surface area (Å²) in [6.45, 7) is 10.9. The number of benzene rings is 2. The lowest BCUT2D eigenvalue weighted by Crippen LogP contribution is -2.59. The minimum absolute atomic E-state index is 0.0831. The van der Waals surface area contributed by atoms with Crippen molar-refractivity contribution in [3.8, 4) is 0 Å². The second-order valence-electron chi connectivity index (χ2n) is 8.73. The maximum Gasteiger partial charge on any atom is 0.259 e. The third-order valence-corrected chi connectivity index (χ3v) is 6.14. The smallest absolute Gasteiger partial charge is 0.259 e. The van der Waals surface area contributed by atoms with E-state index >= 15 is 0 Å². The van der Waals surface area contributed by atoms with Gasteiger partial charge in [-0.3, -0.25) is 14.5 Å². The van der Waals surface area contributed by atoms with Crippen LogP contribution < -0.4 is 10.2 Å². The van der Waals surface area contributed by atoms with Crippen LogP contribution in [-0.4, -0.2) is 23.9 Å². The standard InChI is InChI=1S/C25H32N2O2/c1-17(2)14-16-26-24(29)25(5)15-13-20-10-6-7-11-21(20)23(28)27(25)22-12-8-9-18(3)19(22)4/h6-12,17H,13-16H2,1-5H3,(H,26,29)/t25-/m1/s1. The van der Waals surface area contributed by atoms with E-state index in [0.717, 1.165) is 28.8 Å². The molecule has 2 aromatic rings. The van der Waals surface area contributed by atoms with Crippen LogP contribution in [0.15, 0.2) is 42.5 Å². The van der Waals surface area contributed by atoms with Gasteiger partial charge in [0.1, 0.15) is 5.54 Å². The average Bonchev–Trinajstić information content (AvgIpc) is 2.80. The fraction of sp³-hybridized carbons (Fsp3) is 0.440. The van der Waals surface area contributed by atoms with Crippen molar-refractivity contribution in [2.75, 3.05) is 11.4 Å². The van der Waals surface area contributed by atoms with E-state index in [9.17, 15) is 9.59 Å². The van der Waals surface area contributed by atoms with Crippen molar-refractivity contribution >= 4 is 17.5 Å². The first-order valence-electron chi connectivity index (χ1n) is 10.5. The number of nitrogens with zero attached hydrogens (tertiary/aromatic N) is 1. The first-order chi connectivity index (χ1) is 13.8. The molecule has 0 saturated heterocycles. The Morgan fingerprint density at radius 3 is 2.59 bits per heavy atom. The summed E-state index contributed by atoms with van der Waals surface area (Å²) >= 11 is 0. The van der Waals surface area contributed by atoms with Crippen molar-refractivity contribution in [1.29, 1.82) is 0 Å². The van der Waals surface area contributed by atoms with Gasteiger partial charge in [0, 0.05) is 17.8 Å². The Balaban J connectivity index is 2.09. The Kier molecular flexibility index (Phi) is 6.11. The minimum Gasteiger partial charge on any atom is -0.354 e. The molecule has 0 aliphatic carbocycles. The molecule has 0 unspecified atom stereocenters. The maximum atomic E-state index is 13.7. The summed E-state index contributed by atoms with van der Waals surface area (Å²) in [4.78, 5) is 28.9. The zero-order valence-corrected chi connectivity index (χ0v) is 18.2. The molecule has 154 valence electrons. The maximum absolute atomic E-state index is 13.7. The first-order valence-corrected chi connectivity index (χ1v) is 10.5. The molecule has 0 fully saturated rings. The Labute approximate surface area is 174 Å². The third-order valence-electron chi connectivity index (χ3n) is 6.14. The fourth-order valence-corrected chi connectivity index (χ4v) is 4.01. The molecule has 0 radical (unpaired) electrons. The number of hydrogen-bond acceptors (Lipinski definition) is 2. The molecule has 1 aliphatic heterocycles. The number of carbonyl (C=O) groups excluding carboxylic acids is 2. The Bertz CT molecular complexity index is 919. The van der Waals surface area contributed by atoms with Crippen LogP contribution in [-0.2, 0) is 11.2 Å². The molecule has 1 heterocycles. The zero-order chi connectivity index (χ0) is 21.2. The van der Waals surface area contributed by atoms with E-state index in [4.69, 9.17) is 0 Å². The Morgan fingerprint density at radius 1 is 1.14 bits per heavy atom. The number of hydrogen-bond donors (Lipinski definition) is 1. The molecular weight excluding hydrogens is 360 g/mol. The SMILES string of the molecule is Cc1cccc(N2C(=O)c3ccccc3CC[C@]2(C)C(=O)NCCC(C)C)c1C. The highest BCUT2D eigenvalue weighted by Crippen LogP contribution is 2.37. The van der Waals surface area contributed by atoms with E-state index in [0.29, 0.717) is 30.9 Å². The van der Waals surface area contributed by atoms with Crippen molar-refractivity contribution in [1.82, 2.24) is 5.32 Å². The molecule has 3 rings (SSSR count). The van der Waals surface area contributed by atoms with Gasteiger partial charge in [0.25, 0.3) is 5.91 Å². The molecule has 29 heavy (non-hydrogen) atoms. The lowest BCUT2D eigenvalue weighted by molar-refractivity contribution is -0.126. The van der Waals surface area contributed by atoms with Crippen LogP contribution in [0.3, 0.4) is 0 Å². The zero-order valence-electron chi connectivity index (χ0n) is 18.2. The van der Waals surface area contributed by atoms with E-state index in [1.807, 2.05) is 63.2 Å². The van der Waals surface area contributed by atoms with Crippen molar-refractivity contribution in [2.45, 2.75) is 59.4 Å². The van der Waals surface area contributed by atoms with Crippen molar-refractivity contribution in [3.63, 3.8) is 0 Å². The van der Waals surface area contributed by atoms with Crippen LogP contribution in [0.2, 0.25) is 0 Å². The van der Waals surface area contributed by atoms with Gasteiger partial charge in [-0.2, -0.15) is 0 Å². The van der Waals surface area contributed by atoms with Gasteiger partial charge in [-0.25, -0.2) is 0 Å². The minimum atomic E-state index is -0.953. The number of rotatable bonds is 5. The number of carbonyl (C=O) groups is 2. The van der Waals surface area contributed by atoms with Crippen LogP contribution in [0.25, 0.3) is 0 Å². The van der Waals surface area contributed by atoms with E-state index < -0.39 is 5.54 Å². The first kappa shape index (κ1) is 21.1. The second kappa shape index (κ2) is 8.40. The van der Waals surface area contributed by atoms with Gasteiger partial charge in [-0.15, -0.1) is 0 Å². The molecule has 0 bridgehead atoms. The van der Waals surface area contributed by atoms with E-state index in [1.54, 1.807) is 4.90 Å². The summed E-state index contributed by atoms with van der Waals surface area (Å²) in [6, 6.07) is 13.7. The summed E-state index contributed by atoms with van der Waals surface area (Å²) < 4.78 is 0. The predicted molar refractivity (Wildman–Crippen MR) is 118 cm³/mol. The molecule has 0 spiro atoms. The van der Waals surface area contributed by atoms with Gasteiger partial charge in [-0.05, 0) is 74.8 Å². The van der Waals surface area contributed by atoms with Gasteiger partial charge in [0.15, 0.2) is 0 Å². The summed E-state index contributed by atoms with van der Waals surface area (Å²) in [5, 5.41) is 3.10. The molecule has 0 aromatic heterocycles. The third kappa shape index (κ3) is 4.07. The van der Waals surface area contributed by atoms with E-state index in [2.05, 4.69) is 19.2 Å². The normalized spacial score (nSPS) is 19.1. The van der Waals surface area contributed by atoms with Gasteiger partial charge in [0.2, 0.25) is 5.91 Å². The molecule has 2 amide bonds. The highest BCUT2D eigenvalue weighted by molar-refractivity contribution is 6.13. The summed E-state index contributed by atoms with van der Waals surface area (Å²) in [5.41, 5.74) is 3.69. The highest BCUT2D eigenvalue weighted by Gasteiger charge is 2.45. The highest BCUT2D eigenvalue weighted by atomic mass is 16.2. The van der Waals surface area contributed by atoms with Crippen LogP contribution in [0.1, 0.15) is 60.7 Å². The monoisotopic (exact) mass is 392 g/mol. The number of aryl methyl sites for hydroxylation is 2. The molecule has 1 N–H and O–H groups in total. The molecule has 1 aliphatic rings. The van der Waals surface area contributed by atoms with Crippen molar-refractivity contribution < 1.29 is 9.59 Å². The largest absolute Gasteiger partial charge is 0.354 e. The number of anilines is 1. The van der Waals surface area contributed by atoms with Crippen LogP contribution in [0.4, 0.5) is 5.69 Å². The summed E-state index contributed by atoms with van der Waals surface area (Å²) in [6.07, 6.45) is 2.19. The summed E-state index contributed by atoms with van der Waals surface area (Å²) in [5.74, 6) is 0.326. The quantitative estimate of drug-likeness (QED) is 0.793. The second-order valence-corrected chi connectivity index (χ2v) is 8.73. The van der Waals surface area contributed by atoms with Crippen LogP contribution >= 0.6 is 0 Å². The van der Waals surface area contributed by atoms with Crippen LogP contribution in [0, 0.1) is 19.8 Å². The van der Waals surface area contributed by atoms with Gasteiger partial charge < -0.3 is 5.32 Å². The van der Waals surface area contributed by atoms with E-state index in [-0.39, 0.29) is 11.8 Å². The van der Waals surface area contributed by atoms with Gasteiger partial charge >= 0.3 is 0 Å². The molecule has 1 atom stereocenters. The number of amides is 2.